The lowest BCUT2D eigenvalue weighted by Gasteiger charge is -2.11. The quantitative estimate of drug-likeness (QED) is 0.390. The van der Waals surface area contributed by atoms with Crippen molar-refractivity contribution in [3.05, 3.63) is 65.5 Å². The predicted octanol–water partition coefficient (Wildman–Crippen LogP) is 4.20. The lowest BCUT2D eigenvalue weighted by molar-refractivity contribution is 0.102. The lowest BCUT2D eigenvalue weighted by Crippen LogP contribution is -2.08. The Morgan fingerprint density at radius 1 is 1.07 bits per heavy atom. The summed E-state index contributed by atoms with van der Waals surface area (Å²) in [6.45, 7) is 0.715. The molecule has 1 aliphatic carbocycles. The fraction of sp³-hybridized carbons (Fsp3) is 0.318. The Balaban J connectivity index is 1.50. The van der Waals surface area contributed by atoms with E-state index in [1.54, 1.807) is 32.4 Å². The zero-order valence-electron chi connectivity index (χ0n) is 16.5. The van der Waals surface area contributed by atoms with Crippen molar-refractivity contribution in [2.45, 2.75) is 30.5 Å². The summed E-state index contributed by atoms with van der Waals surface area (Å²) in [5.74, 6) is 2.96. The number of ketones is 1. The van der Waals surface area contributed by atoms with Crippen molar-refractivity contribution in [1.29, 1.82) is 0 Å². The minimum atomic E-state index is 0.0122. The zero-order valence-corrected chi connectivity index (χ0v) is 17.3. The monoisotopic (exact) mass is 409 g/mol. The van der Waals surface area contributed by atoms with Gasteiger partial charge >= 0.3 is 0 Å². The third kappa shape index (κ3) is 4.45. The van der Waals surface area contributed by atoms with E-state index in [1.807, 2.05) is 18.2 Å². The van der Waals surface area contributed by atoms with E-state index < -0.39 is 0 Å². The normalized spacial score (nSPS) is 13.3. The average molecular weight is 410 g/mol. The second-order valence-corrected chi connectivity index (χ2v) is 7.91. The van der Waals surface area contributed by atoms with Crippen LogP contribution in [0.3, 0.4) is 0 Å². The molecule has 1 saturated carbocycles. The first-order chi connectivity index (χ1) is 14.2. The molecule has 0 amide bonds. The Hall–Kier alpha value is -2.80. The molecule has 1 aliphatic rings. The summed E-state index contributed by atoms with van der Waals surface area (Å²) >= 11 is 1.43. The van der Waals surface area contributed by atoms with Gasteiger partial charge in [-0.2, -0.15) is 0 Å². The minimum Gasteiger partial charge on any atom is -0.493 e. The van der Waals surface area contributed by atoms with E-state index in [-0.39, 0.29) is 11.5 Å². The van der Waals surface area contributed by atoms with Gasteiger partial charge in [0.05, 0.1) is 26.5 Å². The lowest BCUT2D eigenvalue weighted by atomic mass is 10.1. The van der Waals surface area contributed by atoms with Gasteiger partial charge in [-0.25, -0.2) is 0 Å². The van der Waals surface area contributed by atoms with Crippen LogP contribution in [0.4, 0.5) is 0 Å². The smallest absolute Gasteiger partial charge is 0.191 e. The molecule has 0 aliphatic heterocycles. The van der Waals surface area contributed by atoms with Gasteiger partial charge in [0.1, 0.15) is 5.82 Å². The van der Waals surface area contributed by atoms with Crippen LogP contribution >= 0.6 is 11.8 Å². The van der Waals surface area contributed by atoms with Crippen molar-refractivity contribution >= 4 is 17.5 Å². The summed E-state index contributed by atoms with van der Waals surface area (Å²) in [6, 6.07) is 15.5. The number of rotatable bonds is 9. The van der Waals surface area contributed by atoms with Crippen LogP contribution in [0, 0.1) is 0 Å². The summed E-state index contributed by atoms with van der Waals surface area (Å²) in [6.07, 6.45) is 2.31. The predicted molar refractivity (Wildman–Crippen MR) is 112 cm³/mol. The first kappa shape index (κ1) is 19.5. The molecule has 0 unspecified atom stereocenters. The fourth-order valence-electron chi connectivity index (χ4n) is 3.19. The van der Waals surface area contributed by atoms with Crippen LogP contribution in [0.15, 0.2) is 53.7 Å². The van der Waals surface area contributed by atoms with Crippen LogP contribution in [0.1, 0.15) is 40.5 Å². The molecule has 1 fully saturated rings. The fourth-order valence-corrected chi connectivity index (χ4v) is 4.03. The van der Waals surface area contributed by atoms with Gasteiger partial charge in [-0.1, -0.05) is 42.1 Å². The molecule has 0 saturated heterocycles. The molecule has 0 bridgehead atoms. The molecule has 150 valence electrons. The molecule has 7 heteroatoms. The number of Topliss-reactive ketones (excluding diaryl/α,β-unsaturated/α-hetero) is 1. The van der Waals surface area contributed by atoms with Crippen LogP contribution in [-0.2, 0) is 6.54 Å². The van der Waals surface area contributed by atoms with Crippen LogP contribution in [0.25, 0.3) is 0 Å². The van der Waals surface area contributed by atoms with Gasteiger partial charge in [0.2, 0.25) is 0 Å². The molecule has 0 atom stereocenters. The minimum absolute atomic E-state index is 0.0122. The van der Waals surface area contributed by atoms with Crippen molar-refractivity contribution in [2.24, 2.45) is 0 Å². The summed E-state index contributed by atoms with van der Waals surface area (Å²) in [4.78, 5) is 12.7. The largest absolute Gasteiger partial charge is 0.493 e. The number of ether oxygens (including phenoxy) is 2. The molecule has 2 aromatic carbocycles. The molecule has 6 nitrogen and oxygen atoms in total. The number of benzene rings is 2. The molecule has 1 heterocycles. The molecule has 0 radical (unpaired) electrons. The van der Waals surface area contributed by atoms with E-state index in [4.69, 9.17) is 9.47 Å². The highest BCUT2D eigenvalue weighted by atomic mass is 32.2. The first-order valence-corrected chi connectivity index (χ1v) is 10.5. The highest BCUT2D eigenvalue weighted by Crippen LogP contribution is 2.40. The van der Waals surface area contributed by atoms with Crippen LogP contribution < -0.4 is 9.47 Å². The van der Waals surface area contributed by atoms with Crippen molar-refractivity contribution < 1.29 is 14.3 Å². The van der Waals surface area contributed by atoms with Crippen LogP contribution in [-0.4, -0.2) is 40.5 Å². The van der Waals surface area contributed by atoms with Crippen LogP contribution in [0.5, 0.6) is 11.5 Å². The van der Waals surface area contributed by atoms with Gasteiger partial charge < -0.3 is 14.0 Å². The Kier molecular flexibility index (Phi) is 5.85. The van der Waals surface area contributed by atoms with Crippen molar-refractivity contribution in [3.63, 3.8) is 0 Å². The Morgan fingerprint density at radius 3 is 2.52 bits per heavy atom. The third-order valence-electron chi connectivity index (χ3n) is 4.91. The number of aromatic nitrogens is 3. The molecule has 0 spiro atoms. The van der Waals surface area contributed by atoms with Gasteiger partial charge in [-0.05, 0) is 36.6 Å². The van der Waals surface area contributed by atoms with Gasteiger partial charge in [0.25, 0.3) is 0 Å². The first-order valence-electron chi connectivity index (χ1n) is 9.54. The van der Waals surface area contributed by atoms with Crippen LogP contribution in [0.2, 0.25) is 0 Å². The highest BCUT2D eigenvalue weighted by Gasteiger charge is 2.30. The number of carbonyl (C=O) groups is 1. The van der Waals surface area contributed by atoms with Gasteiger partial charge in [-0.15, -0.1) is 10.2 Å². The maximum Gasteiger partial charge on any atom is 0.191 e. The maximum atomic E-state index is 12.7. The van der Waals surface area contributed by atoms with Crippen molar-refractivity contribution in [2.75, 3.05) is 20.0 Å². The number of hydrogen-bond donors (Lipinski definition) is 0. The van der Waals surface area contributed by atoms with E-state index in [9.17, 15) is 4.79 Å². The molecule has 1 aromatic heterocycles. The summed E-state index contributed by atoms with van der Waals surface area (Å²) < 4.78 is 12.7. The van der Waals surface area contributed by atoms with E-state index >= 15 is 0 Å². The molecular weight excluding hydrogens is 386 g/mol. The molecular formula is C22H23N3O3S. The standard InChI is InChI=1S/C22H23N3O3S/c1-27-19-11-10-17(12-20(19)28-2)18(26)14-29-22-24-23-21(16-8-9-16)25(22)13-15-6-4-3-5-7-15/h3-7,10-12,16H,8-9,13-14H2,1-2H3. The van der Waals surface area contributed by atoms with E-state index in [2.05, 4.69) is 26.9 Å². The third-order valence-corrected chi connectivity index (χ3v) is 5.88. The number of hydrogen-bond acceptors (Lipinski definition) is 6. The zero-order chi connectivity index (χ0) is 20.2. The van der Waals surface area contributed by atoms with Gasteiger partial charge in [0.15, 0.2) is 22.4 Å². The SMILES string of the molecule is COc1ccc(C(=O)CSc2nnc(C3CC3)n2Cc2ccccc2)cc1OC. The number of methoxy groups -OCH3 is 2. The topological polar surface area (TPSA) is 66.2 Å². The van der Waals surface area contributed by atoms with Crippen molar-refractivity contribution in [3.8, 4) is 11.5 Å². The van der Waals surface area contributed by atoms with Crippen molar-refractivity contribution in [1.82, 2.24) is 14.8 Å². The Labute approximate surface area is 174 Å². The molecule has 4 rings (SSSR count). The van der Waals surface area contributed by atoms with Gasteiger partial charge in [-0.3, -0.25) is 4.79 Å². The van der Waals surface area contributed by atoms with E-state index in [0.717, 1.165) is 23.8 Å². The summed E-state index contributed by atoms with van der Waals surface area (Å²) in [5.41, 5.74) is 1.79. The summed E-state index contributed by atoms with van der Waals surface area (Å²) in [5, 5.41) is 9.58. The molecule has 29 heavy (non-hydrogen) atoms. The number of thioether (sulfide) groups is 1. The molecule has 3 aromatic rings. The number of nitrogens with zero attached hydrogens (tertiary/aromatic N) is 3. The number of carbonyl (C=O) groups excluding carboxylic acids is 1. The summed E-state index contributed by atoms with van der Waals surface area (Å²) in [7, 11) is 3.14. The average Bonchev–Trinajstić information content (AvgIpc) is 3.54. The Morgan fingerprint density at radius 2 is 1.83 bits per heavy atom. The molecule has 0 N–H and O–H groups in total. The highest BCUT2D eigenvalue weighted by molar-refractivity contribution is 7.99. The maximum absolute atomic E-state index is 12.7. The Bertz CT molecular complexity index is 1000. The van der Waals surface area contributed by atoms with E-state index in [0.29, 0.717) is 29.5 Å². The van der Waals surface area contributed by atoms with E-state index in [1.165, 1.54) is 17.3 Å². The van der Waals surface area contributed by atoms with Gasteiger partial charge in [0, 0.05) is 11.5 Å². The second kappa shape index (κ2) is 8.69. The second-order valence-electron chi connectivity index (χ2n) is 6.97.